The zero-order valence-electron chi connectivity index (χ0n) is 14.1. The van der Waals surface area contributed by atoms with Crippen molar-refractivity contribution in [3.8, 4) is 11.4 Å². The van der Waals surface area contributed by atoms with E-state index in [1.165, 1.54) is 11.1 Å². The Balaban J connectivity index is 1.41. The summed E-state index contributed by atoms with van der Waals surface area (Å²) in [6.45, 7) is 3.11. The Bertz CT molecular complexity index is 830. The third-order valence-electron chi connectivity index (χ3n) is 4.74. The first-order valence-corrected chi connectivity index (χ1v) is 8.68. The van der Waals surface area contributed by atoms with Gasteiger partial charge in [0.2, 0.25) is 0 Å². The molecule has 0 saturated heterocycles. The highest BCUT2D eigenvalue weighted by Crippen LogP contribution is 2.20. The summed E-state index contributed by atoms with van der Waals surface area (Å²) in [5.74, 6) is 0.866. The van der Waals surface area contributed by atoms with Gasteiger partial charge < -0.3 is 9.67 Å². The summed E-state index contributed by atoms with van der Waals surface area (Å²) < 4.78 is 2.01. The molecule has 1 aromatic carbocycles. The lowest BCUT2D eigenvalue weighted by atomic mass is 10.00. The van der Waals surface area contributed by atoms with Crippen molar-refractivity contribution >= 4 is 0 Å². The maximum atomic E-state index is 10.6. The number of rotatable bonds is 5. The van der Waals surface area contributed by atoms with Gasteiger partial charge >= 0.3 is 0 Å². The van der Waals surface area contributed by atoms with Gasteiger partial charge in [-0.05, 0) is 29.7 Å². The van der Waals surface area contributed by atoms with Gasteiger partial charge in [0, 0.05) is 50.0 Å². The number of hydrogen-bond donors (Lipinski definition) is 1. The molecule has 0 amide bonds. The molecule has 1 unspecified atom stereocenters. The number of benzene rings is 1. The standard InChI is InChI=1S/C20H22N4O/c25-19(14-23-11-7-16-3-1-2-4-18(16)13-23)15-24-12-10-22-20(24)17-5-8-21-9-6-17/h1-6,8-10,12,19,25H,7,11,13-15H2. The third kappa shape index (κ3) is 3.62. The van der Waals surface area contributed by atoms with E-state index in [1.54, 1.807) is 18.6 Å². The lowest BCUT2D eigenvalue weighted by Gasteiger charge is -2.30. The Morgan fingerprint density at radius 1 is 1.00 bits per heavy atom. The third-order valence-corrected chi connectivity index (χ3v) is 4.74. The number of hydrogen-bond acceptors (Lipinski definition) is 4. The quantitative estimate of drug-likeness (QED) is 0.778. The van der Waals surface area contributed by atoms with Gasteiger partial charge in [-0.2, -0.15) is 0 Å². The zero-order valence-corrected chi connectivity index (χ0v) is 14.1. The SMILES string of the molecule is OC(CN1CCc2ccccc2C1)Cn1ccnc1-c1ccncc1. The predicted octanol–water partition coefficient (Wildman–Crippen LogP) is 2.36. The van der Waals surface area contributed by atoms with E-state index < -0.39 is 6.10 Å². The lowest BCUT2D eigenvalue weighted by Crippen LogP contribution is -2.38. The fraction of sp³-hybridized carbons (Fsp3) is 0.300. The Morgan fingerprint density at radius 3 is 2.64 bits per heavy atom. The first-order valence-electron chi connectivity index (χ1n) is 8.68. The first kappa shape index (κ1) is 16.0. The van der Waals surface area contributed by atoms with Crippen molar-refractivity contribution in [3.05, 3.63) is 72.3 Å². The molecule has 0 radical (unpaired) electrons. The smallest absolute Gasteiger partial charge is 0.140 e. The van der Waals surface area contributed by atoms with Crippen molar-refractivity contribution in [1.82, 2.24) is 19.4 Å². The van der Waals surface area contributed by atoms with Crippen molar-refractivity contribution in [1.29, 1.82) is 0 Å². The van der Waals surface area contributed by atoms with Crippen LogP contribution in [0.25, 0.3) is 11.4 Å². The molecule has 3 heterocycles. The second-order valence-corrected chi connectivity index (χ2v) is 6.55. The van der Waals surface area contributed by atoms with Gasteiger partial charge in [-0.15, -0.1) is 0 Å². The van der Waals surface area contributed by atoms with Crippen LogP contribution in [0.1, 0.15) is 11.1 Å². The molecule has 5 nitrogen and oxygen atoms in total. The number of imidazole rings is 1. The van der Waals surface area contributed by atoms with Crippen LogP contribution in [0, 0.1) is 0 Å². The molecular weight excluding hydrogens is 312 g/mol. The molecule has 0 fully saturated rings. The van der Waals surface area contributed by atoms with Crippen LogP contribution in [0.15, 0.2) is 61.2 Å². The number of aliphatic hydroxyl groups is 1. The maximum absolute atomic E-state index is 10.6. The van der Waals surface area contributed by atoms with Gasteiger partial charge in [0.1, 0.15) is 5.82 Å². The number of pyridine rings is 1. The summed E-state index contributed by atoms with van der Waals surface area (Å²) in [5, 5.41) is 10.6. The normalized spacial score (nSPS) is 15.7. The highest BCUT2D eigenvalue weighted by molar-refractivity contribution is 5.54. The first-order chi connectivity index (χ1) is 12.3. The van der Waals surface area contributed by atoms with Crippen LogP contribution in [-0.2, 0) is 19.5 Å². The Labute approximate surface area is 147 Å². The maximum Gasteiger partial charge on any atom is 0.140 e. The van der Waals surface area contributed by atoms with Crippen LogP contribution in [0.2, 0.25) is 0 Å². The number of fused-ring (bicyclic) bond motifs is 1. The number of nitrogens with zero attached hydrogens (tertiary/aromatic N) is 4. The monoisotopic (exact) mass is 334 g/mol. The van der Waals surface area contributed by atoms with Crippen molar-refractivity contribution in [3.63, 3.8) is 0 Å². The minimum Gasteiger partial charge on any atom is -0.390 e. The van der Waals surface area contributed by atoms with Gasteiger partial charge in [0.15, 0.2) is 0 Å². The molecule has 3 aromatic rings. The van der Waals surface area contributed by atoms with Gasteiger partial charge in [-0.1, -0.05) is 24.3 Å². The molecule has 1 aliphatic heterocycles. The molecule has 2 aromatic heterocycles. The number of aliphatic hydroxyl groups excluding tert-OH is 1. The molecule has 128 valence electrons. The van der Waals surface area contributed by atoms with Crippen LogP contribution in [-0.4, -0.2) is 43.7 Å². The minimum absolute atomic E-state index is 0.431. The van der Waals surface area contributed by atoms with E-state index in [0.29, 0.717) is 13.1 Å². The minimum atomic E-state index is -0.431. The summed E-state index contributed by atoms with van der Waals surface area (Å²) in [5.41, 5.74) is 3.82. The van der Waals surface area contributed by atoms with Crippen molar-refractivity contribution in [2.75, 3.05) is 13.1 Å². The predicted molar refractivity (Wildman–Crippen MR) is 96.9 cm³/mol. The molecule has 4 rings (SSSR count). The summed E-state index contributed by atoms with van der Waals surface area (Å²) in [7, 11) is 0. The number of β-amino-alcohol motifs (C(OH)–C–C–N with tert-alkyl or cyclic N) is 1. The Morgan fingerprint density at radius 2 is 1.80 bits per heavy atom. The molecule has 1 aliphatic rings. The molecule has 0 saturated carbocycles. The van der Waals surface area contributed by atoms with Crippen LogP contribution in [0.5, 0.6) is 0 Å². The molecule has 0 spiro atoms. The van der Waals surface area contributed by atoms with E-state index in [2.05, 4.69) is 39.1 Å². The second kappa shape index (κ2) is 7.17. The second-order valence-electron chi connectivity index (χ2n) is 6.55. The fourth-order valence-corrected chi connectivity index (χ4v) is 3.51. The highest BCUT2D eigenvalue weighted by Gasteiger charge is 2.19. The van der Waals surface area contributed by atoms with Crippen LogP contribution < -0.4 is 0 Å². The van der Waals surface area contributed by atoms with Gasteiger partial charge in [-0.25, -0.2) is 4.98 Å². The van der Waals surface area contributed by atoms with E-state index >= 15 is 0 Å². The van der Waals surface area contributed by atoms with Gasteiger partial charge in [0.25, 0.3) is 0 Å². The summed E-state index contributed by atoms with van der Waals surface area (Å²) in [6.07, 6.45) is 7.84. The fourth-order valence-electron chi connectivity index (χ4n) is 3.51. The Kier molecular flexibility index (Phi) is 4.59. The topological polar surface area (TPSA) is 54.2 Å². The average molecular weight is 334 g/mol. The van der Waals surface area contributed by atoms with E-state index in [4.69, 9.17) is 0 Å². The highest BCUT2D eigenvalue weighted by atomic mass is 16.3. The van der Waals surface area contributed by atoms with Gasteiger partial charge in [-0.3, -0.25) is 9.88 Å². The summed E-state index contributed by atoms with van der Waals surface area (Å²) in [6, 6.07) is 12.5. The van der Waals surface area contributed by atoms with E-state index in [0.717, 1.165) is 30.9 Å². The van der Waals surface area contributed by atoms with E-state index in [1.807, 2.05) is 22.9 Å². The van der Waals surface area contributed by atoms with Crippen LogP contribution in [0.4, 0.5) is 0 Å². The summed E-state index contributed by atoms with van der Waals surface area (Å²) in [4.78, 5) is 10.8. The number of aromatic nitrogens is 3. The zero-order chi connectivity index (χ0) is 17.1. The molecular formula is C20H22N4O. The molecule has 25 heavy (non-hydrogen) atoms. The molecule has 5 heteroatoms. The van der Waals surface area contributed by atoms with Crippen LogP contribution in [0.3, 0.4) is 0 Å². The van der Waals surface area contributed by atoms with Crippen molar-refractivity contribution in [2.45, 2.75) is 25.6 Å². The Hall–Kier alpha value is -2.50. The van der Waals surface area contributed by atoms with E-state index in [9.17, 15) is 5.11 Å². The average Bonchev–Trinajstić information content (AvgIpc) is 3.10. The van der Waals surface area contributed by atoms with Gasteiger partial charge in [0.05, 0.1) is 12.6 Å². The van der Waals surface area contributed by atoms with Crippen LogP contribution >= 0.6 is 0 Å². The molecule has 1 N–H and O–H groups in total. The van der Waals surface area contributed by atoms with E-state index in [-0.39, 0.29) is 0 Å². The lowest BCUT2D eigenvalue weighted by molar-refractivity contribution is 0.0921. The van der Waals surface area contributed by atoms with Crippen molar-refractivity contribution < 1.29 is 5.11 Å². The molecule has 1 atom stereocenters. The largest absolute Gasteiger partial charge is 0.390 e. The summed E-state index contributed by atoms with van der Waals surface area (Å²) >= 11 is 0. The molecule has 0 bridgehead atoms. The van der Waals surface area contributed by atoms with Crippen molar-refractivity contribution in [2.24, 2.45) is 0 Å². The molecule has 0 aliphatic carbocycles.